The number of nitrogens with zero attached hydrogens (tertiary/aromatic N) is 1. The maximum absolute atomic E-state index is 13.1. The van der Waals surface area contributed by atoms with Crippen molar-refractivity contribution in [1.29, 1.82) is 0 Å². The predicted molar refractivity (Wildman–Crippen MR) is 139 cm³/mol. The van der Waals surface area contributed by atoms with E-state index in [-0.39, 0.29) is 17.6 Å². The van der Waals surface area contributed by atoms with Gasteiger partial charge in [-0.15, -0.1) is 23.1 Å². The van der Waals surface area contributed by atoms with Crippen LogP contribution in [-0.2, 0) is 4.79 Å². The number of halogens is 1. The second-order valence-corrected chi connectivity index (χ2v) is 9.78. The van der Waals surface area contributed by atoms with Crippen LogP contribution in [0.15, 0.2) is 83.1 Å². The Labute approximate surface area is 210 Å². The molecule has 4 aromatic rings. The molecule has 1 heterocycles. The van der Waals surface area contributed by atoms with Crippen molar-refractivity contribution in [3.05, 3.63) is 89.6 Å². The molecular weight excluding hydrogens is 485 g/mol. The highest BCUT2D eigenvalue weighted by Gasteiger charge is 2.17. The molecule has 0 bridgehead atoms. The molecule has 2 N–H and O–H groups in total. The number of methoxy groups -OCH3 is 1. The summed E-state index contributed by atoms with van der Waals surface area (Å²) in [7, 11) is 1.57. The molecule has 0 fully saturated rings. The summed E-state index contributed by atoms with van der Waals surface area (Å²) in [6.07, 6.45) is 0. The number of carbonyl (C=O) groups is 2. The van der Waals surface area contributed by atoms with Crippen LogP contribution >= 0.6 is 23.1 Å². The molecule has 178 valence electrons. The molecule has 0 saturated heterocycles. The van der Waals surface area contributed by atoms with Crippen molar-refractivity contribution in [3.8, 4) is 17.0 Å². The molecule has 35 heavy (non-hydrogen) atoms. The number of thiazole rings is 1. The summed E-state index contributed by atoms with van der Waals surface area (Å²) in [6.45, 7) is 1.80. The molecule has 0 aliphatic carbocycles. The molecule has 0 radical (unpaired) electrons. The quantitative estimate of drug-likeness (QED) is 0.273. The lowest BCUT2D eigenvalue weighted by Gasteiger charge is -2.12. The van der Waals surface area contributed by atoms with Gasteiger partial charge in [0.05, 0.1) is 18.1 Å². The highest BCUT2D eigenvalue weighted by Crippen LogP contribution is 2.29. The van der Waals surface area contributed by atoms with Gasteiger partial charge in [0.1, 0.15) is 11.6 Å². The predicted octanol–water partition coefficient (Wildman–Crippen LogP) is 6.33. The molecule has 0 saturated carbocycles. The third-order valence-corrected chi connectivity index (χ3v) is 6.85. The number of amides is 2. The average Bonchev–Trinajstić information content (AvgIpc) is 3.33. The lowest BCUT2D eigenvalue weighted by atomic mass is 10.2. The number of aromatic nitrogens is 1. The number of nitrogens with one attached hydrogen (secondary N) is 2. The van der Waals surface area contributed by atoms with Crippen LogP contribution in [0.25, 0.3) is 11.3 Å². The topological polar surface area (TPSA) is 80.3 Å². The third-order valence-electron chi connectivity index (χ3n) is 5.00. The molecule has 4 rings (SSSR count). The van der Waals surface area contributed by atoms with Gasteiger partial charge in [0.25, 0.3) is 5.91 Å². The van der Waals surface area contributed by atoms with Gasteiger partial charge < -0.3 is 15.4 Å². The molecule has 1 atom stereocenters. The molecule has 0 aliphatic heterocycles. The maximum atomic E-state index is 13.1. The van der Waals surface area contributed by atoms with Crippen LogP contribution in [0.4, 0.5) is 15.2 Å². The van der Waals surface area contributed by atoms with E-state index in [0.717, 1.165) is 10.5 Å². The van der Waals surface area contributed by atoms with Crippen LogP contribution in [-0.4, -0.2) is 29.2 Å². The van der Waals surface area contributed by atoms with Gasteiger partial charge in [0, 0.05) is 27.1 Å². The van der Waals surface area contributed by atoms with Crippen molar-refractivity contribution in [3.63, 3.8) is 0 Å². The molecule has 6 nitrogen and oxygen atoms in total. The van der Waals surface area contributed by atoms with Gasteiger partial charge in [-0.1, -0.05) is 6.07 Å². The lowest BCUT2D eigenvalue weighted by Crippen LogP contribution is -2.22. The van der Waals surface area contributed by atoms with Gasteiger partial charge in [-0.25, -0.2) is 9.37 Å². The highest BCUT2D eigenvalue weighted by atomic mass is 32.2. The molecule has 0 spiro atoms. The van der Waals surface area contributed by atoms with Crippen molar-refractivity contribution < 1.29 is 18.7 Å². The van der Waals surface area contributed by atoms with E-state index in [9.17, 15) is 14.0 Å². The first-order valence-electron chi connectivity index (χ1n) is 10.7. The first-order chi connectivity index (χ1) is 16.9. The second kappa shape index (κ2) is 11.2. The number of benzene rings is 3. The van der Waals surface area contributed by atoms with E-state index >= 15 is 0 Å². The Hall–Kier alpha value is -3.69. The SMILES string of the molecule is COc1ccc(C(=O)Nc2cccc(SC(C)C(=O)Nc3nc(-c4ccc(F)cc4)cs3)c2)cc1. The van der Waals surface area contributed by atoms with Crippen LogP contribution in [0.2, 0.25) is 0 Å². The Bertz CT molecular complexity index is 1320. The van der Waals surface area contributed by atoms with Crippen molar-refractivity contribution in [2.75, 3.05) is 17.7 Å². The maximum Gasteiger partial charge on any atom is 0.255 e. The van der Waals surface area contributed by atoms with E-state index in [1.54, 1.807) is 56.5 Å². The zero-order chi connectivity index (χ0) is 24.8. The van der Waals surface area contributed by atoms with E-state index < -0.39 is 5.25 Å². The Kier molecular flexibility index (Phi) is 7.79. The number of hydrogen-bond acceptors (Lipinski definition) is 6. The summed E-state index contributed by atoms with van der Waals surface area (Å²) in [5.74, 6) is -0.0617. The summed E-state index contributed by atoms with van der Waals surface area (Å²) < 4.78 is 18.3. The molecule has 1 aromatic heterocycles. The van der Waals surface area contributed by atoms with Crippen molar-refractivity contribution in [1.82, 2.24) is 4.98 Å². The van der Waals surface area contributed by atoms with E-state index in [0.29, 0.717) is 27.8 Å². The van der Waals surface area contributed by atoms with Crippen LogP contribution in [0.3, 0.4) is 0 Å². The van der Waals surface area contributed by atoms with Crippen molar-refractivity contribution >= 4 is 45.7 Å². The summed E-state index contributed by atoms with van der Waals surface area (Å²) >= 11 is 2.68. The van der Waals surface area contributed by atoms with E-state index in [1.165, 1.54) is 35.2 Å². The zero-order valence-corrected chi connectivity index (χ0v) is 20.6. The summed E-state index contributed by atoms with van der Waals surface area (Å²) in [5, 5.41) is 7.60. The standard InChI is InChI=1S/C26H22FN3O3S2/c1-16(24(31)30-26-29-23(15-34-26)17-6-10-19(27)11-7-17)35-22-5-3-4-20(14-22)28-25(32)18-8-12-21(33-2)13-9-18/h3-16H,1-2H3,(H,28,32)(H,29,30,31). The number of ether oxygens (including phenoxy) is 1. The van der Waals surface area contributed by atoms with Gasteiger partial charge in [-0.05, 0) is 73.7 Å². The minimum atomic E-state index is -0.402. The zero-order valence-electron chi connectivity index (χ0n) is 18.9. The van der Waals surface area contributed by atoms with Gasteiger partial charge in [0.15, 0.2) is 5.13 Å². The molecule has 0 aliphatic rings. The number of rotatable bonds is 8. The second-order valence-electron chi connectivity index (χ2n) is 7.50. The molecule has 3 aromatic carbocycles. The minimum Gasteiger partial charge on any atom is -0.497 e. The van der Waals surface area contributed by atoms with E-state index in [1.807, 2.05) is 23.6 Å². The van der Waals surface area contributed by atoms with E-state index in [4.69, 9.17) is 4.74 Å². The lowest BCUT2D eigenvalue weighted by molar-refractivity contribution is -0.115. The number of carbonyl (C=O) groups excluding carboxylic acids is 2. The largest absolute Gasteiger partial charge is 0.497 e. The normalized spacial score (nSPS) is 11.5. The van der Waals surface area contributed by atoms with Crippen LogP contribution in [0, 0.1) is 5.82 Å². The van der Waals surface area contributed by atoms with Gasteiger partial charge in [-0.3, -0.25) is 9.59 Å². The Balaban J connectivity index is 1.35. The fraction of sp³-hybridized carbons (Fsp3) is 0.115. The molecule has 9 heteroatoms. The van der Waals surface area contributed by atoms with Crippen LogP contribution in [0.5, 0.6) is 5.75 Å². The fourth-order valence-corrected chi connectivity index (χ4v) is 4.79. The summed E-state index contributed by atoms with van der Waals surface area (Å²) in [6, 6.07) is 20.2. The molecule has 1 unspecified atom stereocenters. The van der Waals surface area contributed by atoms with E-state index in [2.05, 4.69) is 15.6 Å². The van der Waals surface area contributed by atoms with Gasteiger partial charge >= 0.3 is 0 Å². The first kappa shape index (κ1) is 24.4. The van der Waals surface area contributed by atoms with Crippen molar-refractivity contribution in [2.45, 2.75) is 17.1 Å². The summed E-state index contributed by atoms with van der Waals surface area (Å²) in [4.78, 5) is 30.5. The molecule has 2 amide bonds. The first-order valence-corrected chi connectivity index (χ1v) is 12.4. The monoisotopic (exact) mass is 507 g/mol. The Morgan fingerprint density at radius 2 is 1.77 bits per heavy atom. The summed E-state index contributed by atoms with van der Waals surface area (Å²) in [5.41, 5.74) is 2.59. The minimum absolute atomic E-state index is 0.192. The van der Waals surface area contributed by atoms with Crippen LogP contribution < -0.4 is 15.4 Å². The number of hydrogen-bond donors (Lipinski definition) is 2. The third kappa shape index (κ3) is 6.46. The molecular formula is C26H22FN3O3S2. The van der Waals surface area contributed by atoms with Gasteiger partial charge in [0.2, 0.25) is 5.91 Å². The highest BCUT2D eigenvalue weighted by molar-refractivity contribution is 8.00. The van der Waals surface area contributed by atoms with Crippen LogP contribution in [0.1, 0.15) is 17.3 Å². The number of thioether (sulfide) groups is 1. The Morgan fingerprint density at radius 3 is 2.49 bits per heavy atom. The Morgan fingerprint density at radius 1 is 1.03 bits per heavy atom. The smallest absolute Gasteiger partial charge is 0.255 e. The fourth-order valence-electron chi connectivity index (χ4n) is 3.14. The number of anilines is 2. The van der Waals surface area contributed by atoms with Gasteiger partial charge in [-0.2, -0.15) is 0 Å². The average molecular weight is 508 g/mol. The van der Waals surface area contributed by atoms with Crippen molar-refractivity contribution in [2.24, 2.45) is 0 Å².